The maximum Gasteiger partial charge on any atom is 0.111 e. The summed E-state index contributed by atoms with van der Waals surface area (Å²) in [6.45, 7) is 5.86. The lowest BCUT2D eigenvalue weighted by atomic mass is 10.0. The number of rotatable bonds is 7. The Morgan fingerprint density at radius 1 is 1.33 bits per heavy atom. The second-order valence-electron chi connectivity index (χ2n) is 5.89. The Bertz CT molecular complexity index is 603. The highest BCUT2D eigenvalue weighted by Crippen LogP contribution is 2.36. The lowest BCUT2D eigenvalue weighted by molar-refractivity contribution is 0.0282. The van der Waals surface area contributed by atoms with Crippen LogP contribution in [0.5, 0.6) is 0 Å². The van der Waals surface area contributed by atoms with E-state index in [2.05, 4.69) is 29.7 Å². The quantitative estimate of drug-likeness (QED) is 0.852. The first-order valence-corrected chi connectivity index (χ1v) is 8.05. The predicted octanol–water partition coefficient (Wildman–Crippen LogP) is 2.74. The molecule has 1 aromatic carbocycles. The van der Waals surface area contributed by atoms with Crippen LogP contribution < -0.4 is 5.73 Å². The summed E-state index contributed by atoms with van der Waals surface area (Å²) in [5.74, 6) is 1.73. The molecule has 1 aliphatic carbocycles. The molecule has 1 saturated carbocycles. The number of aryl methyl sites for hydroxylation is 1. The van der Waals surface area contributed by atoms with Crippen molar-refractivity contribution in [2.24, 2.45) is 11.7 Å². The molecule has 2 aromatic rings. The van der Waals surface area contributed by atoms with Gasteiger partial charge in [-0.3, -0.25) is 0 Å². The van der Waals surface area contributed by atoms with E-state index < -0.39 is 0 Å². The van der Waals surface area contributed by atoms with E-state index in [9.17, 15) is 0 Å². The molecule has 0 amide bonds. The fourth-order valence-electron chi connectivity index (χ4n) is 3.19. The smallest absolute Gasteiger partial charge is 0.111 e. The third kappa shape index (κ3) is 2.97. The van der Waals surface area contributed by atoms with Gasteiger partial charge in [0.15, 0.2) is 0 Å². The molecule has 0 spiro atoms. The lowest BCUT2D eigenvalue weighted by Gasteiger charge is -2.23. The van der Waals surface area contributed by atoms with Crippen LogP contribution in [0.2, 0.25) is 0 Å². The van der Waals surface area contributed by atoms with Crippen LogP contribution in [0.15, 0.2) is 24.3 Å². The van der Waals surface area contributed by atoms with E-state index in [1.54, 1.807) is 0 Å². The van der Waals surface area contributed by atoms with Gasteiger partial charge in [-0.15, -0.1) is 0 Å². The first-order chi connectivity index (χ1) is 10.2. The molecule has 2 N–H and O–H groups in total. The number of nitrogens with zero attached hydrogens (tertiary/aromatic N) is 2. The van der Waals surface area contributed by atoms with Crippen molar-refractivity contribution < 1.29 is 4.74 Å². The molecule has 4 nitrogen and oxygen atoms in total. The minimum absolute atomic E-state index is 0.0274. The number of benzene rings is 1. The first kappa shape index (κ1) is 14.5. The van der Waals surface area contributed by atoms with Gasteiger partial charge in [0.05, 0.1) is 17.1 Å². The number of aromatic nitrogens is 2. The molecule has 2 atom stereocenters. The van der Waals surface area contributed by atoms with Gasteiger partial charge in [0.1, 0.15) is 5.82 Å². The summed E-state index contributed by atoms with van der Waals surface area (Å²) < 4.78 is 8.15. The zero-order valence-electron chi connectivity index (χ0n) is 13.0. The number of ether oxygens (including phenoxy) is 1. The second-order valence-corrected chi connectivity index (χ2v) is 5.89. The lowest BCUT2D eigenvalue weighted by Crippen LogP contribution is -2.40. The van der Waals surface area contributed by atoms with Crippen LogP contribution in [-0.4, -0.2) is 28.3 Å². The molecule has 0 bridgehead atoms. The molecule has 1 heterocycles. The highest BCUT2D eigenvalue weighted by Gasteiger charge is 2.36. The zero-order chi connectivity index (χ0) is 14.8. The van der Waals surface area contributed by atoms with E-state index >= 15 is 0 Å². The molecule has 0 radical (unpaired) electrons. The molecule has 1 fully saturated rings. The van der Waals surface area contributed by atoms with Gasteiger partial charge in [0.2, 0.25) is 0 Å². The van der Waals surface area contributed by atoms with Gasteiger partial charge < -0.3 is 15.0 Å². The van der Waals surface area contributed by atoms with E-state index in [0.29, 0.717) is 5.92 Å². The monoisotopic (exact) mass is 287 g/mol. The van der Waals surface area contributed by atoms with Crippen molar-refractivity contribution in [3.63, 3.8) is 0 Å². The van der Waals surface area contributed by atoms with Crippen LogP contribution in [0.4, 0.5) is 0 Å². The van der Waals surface area contributed by atoms with Crippen molar-refractivity contribution in [2.75, 3.05) is 6.61 Å². The molecule has 3 rings (SSSR count). The normalized spacial score (nSPS) is 18.0. The fourth-order valence-corrected chi connectivity index (χ4v) is 3.19. The Morgan fingerprint density at radius 3 is 2.76 bits per heavy atom. The summed E-state index contributed by atoms with van der Waals surface area (Å²) >= 11 is 0. The van der Waals surface area contributed by atoms with Gasteiger partial charge in [-0.05, 0) is 44.7 Å². The van der Waals surface area contributed by atoms with Crippen molar-refractivity contribution in [2.45, 2.75) is 51.8 Å². The van der Waals surface area contributed by atoms with E-state index in [1.165, 1.54) is 18.4 Å². The van der Waals surface area contributed by atoms with Crippen LogP contribution in [0.1, 0.15) is 32.5 Å². The van der Waals surface area contributed by atoms with Gasteiger partial charge in [-0.25, -0.2) is 4.98 Å². The van der Waals surface area contributed by atoms with E-state index in [0.717, 1.165) is 30.9 Å². The zero-order valence-corrected chi connectivity index (χ0v) is 13.0. The van der Waals surface area contributed by atoms with Gasteiger partial charge in [-0.1, -0.05) is 12.1 Å². The van der Waals surface area contributed by atoms with Gasteiger partial charge >= 0.3 is 0 Å². The highest BCUT2D eigenvalue weighted by molar-refractivity contribution is 5.75. The Balaban J connectivity index is 1.83. The molecule has 0 saturated heterocycles. The van der Waals surface area contributed by atoms with Crippen molar-refractivity contribution in [3.05, 3.63) is 30.1 Å². The summed E-state index contributed by atoms with van der Waals surface area (Å²) in [7, 11) is 0. The molecule has 2 unspecified atom stereocenters. The highest BCUT2D eigenvalue weighted by atomic mass is 16.5. The molecule has 21 heavy (non-hydrogen) atoms. The Labute approximate surface area is 126 Å². The Morgan fingerprint density at radius 2 is 2.10 bits per heavy atom. The molecule has 114 valence electrons. The summed E-state index contributed by atoms with van der Waals surface area (Å²) in [6, 6.07) is 8.32. The number of hydrogen-bond acceptors (Lipinski definition) is 3. The minimum atomic E-state index is 0.0274. The SMILES string of the molecule is CCOC(C(N)Cc1nc2ccccc2n1CC)C1CC1. The minimum Gasteiger partial charge on any atom is -0.377 e. The summed E-state index contributed by atoms with van der Waals surface area (Å²) in [4.78, 5) is 4.77. The maximum absolute atomic E-state index is 6.44. The standard InChI is InChI=1S/C17H25N3O/c1-3-20-15-8-6-5-7-14(15)19-16(20)11-13(18)17(21-4-2)12-9-10-12/h5-8,12-13,17H,3-4,9-11,18H2,1-2H3. The van der Waals surface area contributed by atoms with Crippen LogP contribution in [0, 0.1) is 5.92 Å². The van der Waals surface area contributed by atoms with Crippen LogP contribution in [-0.2, 0) is 17.7 Å². The third-order valence-corrected chi connectivity index (χ3v) is 4.34. The predicted molar refractivity (Wildman–Crippen MR) is 85.2 cm³/mol. The van der Waals surface area contributed by atoms with E-state index in [1.807, 2.05) is 13.0 Å². The molecule has 4 heteroatoms. The molecule has 1 aliphatic rings. The number of imidazole rings is 1. The maximum atomic E-state index is 6.44. The summed E-state index contributed by atoms with van der Waals surface area (Å²) in [5.41, 5.74) is 8.70. The van der Waals surface area contributed by atoms with Crippen molar-refractivity contribution in [3.8, 4) is 0 Å². The molecule has 0 aliphatic heterocycles. The number of fused-ring (bicyclic) bond motifs is 1. The largest absolute Gasteiger partial charge is 0.377 e. The summed E-state index contributed by atoms with van der Waals surface area (Å²) in [5, 5.41) is 0. The molecular weight excluding hydrogens is 262 g/mol. The van der Waals surface area contributed by atoms with Gasteiger partial charge in [0.25, 0.3) is 0 Å². The van der Waals surface area contributed by atoms with Gasteiger partial charge in [-0.2, -0.15) is 0 Å². The molecule has 1 aromatic heterocycles. The number of nitrogens with two attached hydrogens (primary N) is 1. The van der Waals surface area contributed by atoms with Crippen molar-refractivity contribution >= 4 is 11.0 Å². The Kier molecular flexibility index (Phi) is 4.27. The third-order valence-electron chi connectivity index (χ3n) is 4.34. The first-order valence-electron chi connectivity index (χ1n) is 8.05. The average Bonchev–Trinajstić information content (AvgIpc) is 3.26. The van der Waals surface area contributed by atoms with Gasteiger partial charge in [0, 0.05) is 25.6 Å². The van der Waals surface area contributed by atoms with Crippen molar-refractivity contribution in [1.29, 1.82) is 0 Å². The van der Waals surface area contributed by atoms with Crippen LogP contribution in [0.3, 0.4) is 0 Å². The fraction of sp³-hybridized carbons (Fsp3) is 0.588. The van der Waals surface area contributed by atoms with E-state index in [4.69, 9.17) is 15.5 Å². The second kappa shape index (κ2) is 6.16. The summed E-state index contributed by atoms with van der Waals surface area (Å²) in [6.07, 6.45) is 3.47. The van der Waals surface area contributed by atoms with Crippen LogP contribution >= 0.6 is 0 Å². The molecular formula is C17H25N3O. The van der Waals surface area contributed by atoms with Crippen LogP contribution in [0.25, 0.3) is 11.0 Å². The van der Waals surface area contributed by atoms with E-state index in [-0.39, 0.29) is 12.1 Å². The number of para-hydroxylation sites is 2. The topological polar surface area (TPSA) is 53.1 Å². The Hall–Kier alpha value is -1.39. The average molecular weight is 287 g/mol. The van der Waals surface area contributed by atoms with Crippen molar-refractivity contribution in [1.82, 2.24) is 9.55 Å². The number of hydrogen-bond donors (Lipinski definition) is 1.